The minimum Gasteiger partial charge on any atom is -0.299 e. The van der Waals surface area contributed by atoms with Crippen LogP contribution in [0.15, 0.2) is 42.7 Å². The summed E-state index contributed by atoms with van der Waals surface area (Å²) < 4.78 is 0. The summed E-state index contributed by atoms with van der Waals surface area (Å²) in [5.41, 5.74) is 4.55. The van der Waals surface area contributed by atoms with E-state index < -0.39 is 0 Å². The van der Waals surface area contributed by atoms with Crippen LogP contribution in [-0.2, 0) is 17.6 Å². The molecule has 1 aromatic heterocycles. The van der Waals surface area contributed by atoms with Gasteiger partial charge >= 0.3 is 0 Å². The van der Waals surface area contributed by atoms with Gasteiger partial charge in [0.25, 0.3) is 0 Å². The second-order valence-electron chi connectivity index (χ2n) is 4.68. The average molecular weight is 239 g/mol. The predicted octanol–water partition coefficient (Wildman–Crippen LogP) is 3.05. The molecular formula is C16H17NO. The first-order chi connectivity index (χ1) is 8.65. The van der Waals surface area contributed by atoms with E-state index >= 15 is 0 Å². The monoisotopic (exact) mass is 239 g/mol. The largest absolute Gasteiger partial charge is 0.299 e. The van der Waals surface area contributed by atoms with Crippen molar-refractivity contribution in [2.45, 2.75) is 26.7 Å². The van der Waals surface area contributed by atoms with Crippen molar-refractivity contribution in [1.82, 2.24) is 4.98 Å². The van der Waals surface area contributed by atoms with Crippen LogP contribution in [0.3, 0.4) is 0 Å². The molecule has 0 bridgehead atoms. The smallest absolute Gasteiger partial charge is 0.141 e. The van der Waals surface area contributed by atoms with Crippen molar-refractivity contribution in [3.63, 3.8) is 0 Å². The molecule has 0 radical (unpaired) electrons. The van der Waals surface area contributed by atoms with Crippen LogP contribution in [0.4, 0.5) is 0 Å². The second kappa shape index (κ2) is 5.58. The SMILES string of the molecule is Cc1ccc(C)c(CC(=O)Cc2ccncc2)c1. The molecule has 0 unspecified atom stereocenters. The Labute approximate surface area is 108 Å². The Hall–Kier alpha value is -1.96. The molecule has 0 aliphatic carbocycles. The lowest BCUT2D eigenvalue weighted by Crippen LogP contribution is -2.07. The van der Waals surface area contributed by atoms with E-state index in [1.54, 1.807) is 12.4 Å². The highest BCUT2D eigenvalue weighted by Gasteiger charge is 2.07. The molecule has 0 atom stereocenters. The molecule has 18 heavy (non-hydrogen) atoms. The Balaban J connectivity index is 2.05. The number of carbonyl (C=O) groups is 1. The van der Waals surface area contributed by atoms with E-state index in [4.69, 9.17) is 0 Å². The van der Waals surface area contributed by atoms with Crippen molar-refractivity contribution in [3.8, 4) is 0 Å². The van der Waals surface area contributed by atoms with Crippen LogP contribution in [-0.4, -0.2) is 10.8 Å². The normalized spacial score (nSPS) is 10.3. The third-order valence-corrected chi connectivity index (χ3v) is 3.04. The molecule has 2 rings (SSSR count). The summed E-state index contributed by atoms with van der Waals surface area (Å²) in [7, 11) is 0. The molecule has 0 N–H and O–H groups in total. The van der Waals surface area contributed by atoms with Gasteiger partial charge in [0, 0.05) is 25.2 Å². The zero-order chi connectivity index (χ0) is 13.0. The highest BCUT2D eigenvalue weighted by atomic mass is 16.1. The average Bonchev–Trinajstić information content (AvgIpc) is 2.35. The molecule has 0 aliphatic rings. The maximum absolute atomic E-state index is 12.0. The fraction of sp³-hybridized carbons (Fsp3) is 0.250. The molecule has 0 fully saturated rings. The Kier molecular flexibility index (Phi) is 3.88. The number of pyridine rings is 1. The third-order valence-electron chi connectivity index (χ3n) is 3.04. The van der Waals surface area contributed by atoms with Gasteiger partial charge in [-0.2, -0.15) is 0 Å². The van der Waals surface area contributed by atoms with Gasteiger partial charge in [-0.1, -0.05) is 23.8 Å². The first-order valence-corrected chi connectivity index (χ1v) is 6.12. The van der Waals surface area contributed by atoms with Gasteiger partial charge in [-0.15, -0.1) is 0 Å². The number of benzene rings is 1. The van der Waals surface area contributed by atoms with E-state index in [0.29, 0.717) is 12.8 Å². The predicted molar refractivity (Wildman–Crippen MR) is 72.6 cm³/mol. The highest BCUT2D eigenvalue weighted by Crippen LogP contribution is 2.12. The Bertz CT molecular complexity index is 546. The van der Waals surface area contributed by atoms with E-state index in [0.717, 1.165) is 11.1 Å². The molecule has 92 valence electrons. The first kappa shape index (κ1) is 12.5. The maximum Gasteiger partial charge on any atom is 0.141 e. The van der Waals surface area contributed by atoms with E-state index in [1.807, 2.05) is 12.1 Å². The van der Waals surface area contributed by atoms with Crippen LogP contribution in [0, 0.1) is 13.8 Å². The van der Waals surface area contributed by atoms with Crippen LogP contribution in [0.2, 0.25) is 0 Å². The van der Waals surface area contributed by atoms with Gasteiger partial charge in [0.05, 0.1) is 0 Å². The summed E-state index contributed by atoms with van der Waals surface area (Å²) in [6.45, 7) is 4.10. The van der Waals surface area contributed by atoms with Crippen molar-refractivity contribution in [2.75, 3.05) is 0 Å². The van der Waals surface area contributed by atoms with E-state index in [9.17, 15) is 4.79 Å². The van der Waals surface area contributed by atoms with Crippen LogP contribution in [0.1, 0.15) is 22.3 Å². The van der Waals surface area contributed by atoms with E-state index in [1.165, 1.54) is 11.1 Å². The van der Waals surface area contributed by atoms with Crippen LogP contribution in [0.25, 0.3) is 0 Å². The Morgan fingerprint density at radius 3 is 2.50 bits per heavy atom. The minimum atomic E-state index is 0.245. The number of carbonyl (C=O) groups excluding carboxylic acids is 1. The molecule has 0 spiro atoms. The number of aromatic nitrogens is 1. The summed E-state index contributed by atoms with van der Waals surface area (Å²) >= 11 is 0. The molecule has 2 aromatic rings. The van der Waals surface area contributed by atoms with Gasteiger partial charge in [-0.3, -0.25) is 9.78 Å². The van der Waals surface area contributed by atoms with E-state index in [2.05, 4.69) is 37.0 Å². The van der Waals surface area contributed by atoms with Crippen LogP contribution >= 0.6 is 0 Å². The fourth-order valence-corrected chi connectivity index (χ4v) is 1.99. The number of ketones is 1. The van der Waals surface area contributed by atoms with Gasteiger partial charge in [0.15, 0.2) is 0 Å². The first-order valence-electron chi connectivity index (χ1n) is 6.12. The summed E-state index contributed by atoms with van der Waals surface area (Å²) in [6.07, 6.45) is 4.44. The van der Waals surface area contributed by atoms with Crippen LogP contribution in [0.5, 0.6) is 0 Å². The number of hydrogen-bond donors (Lipinski definition) is 0. The lowest BCUT2D eigenvalue weighted by Gasteiger charge is -2.06. The number of nitrogens with zero attached hydrogens (tertiary/aromatic N) is 1. The summed E-state index contributed by atoms with van der Waals surface area (Å²) in [5, 5.41) is 0. The lowest BCUT2D eigenvalue weighted by molar-refractivity contribution is -0.117. The molecule has 0 amide bonds. The number of hydrogen-bond acceptors (Lipinski definition) is 2. The van der Waals surface area contributed by atoms with Gasteiger partial charge < -0.3 is 0 Å². The van der Waals surface area contributed by atoms with Gasteiger partial charge in [0.1, 0.15) is 5.78 Å². The summed E-state index contributed by atoms with van der Waals surface area (Å²) in [4.78, 5) is 16.0. The zero-order valence-electron chi connectivity index (χ0n) is 10.8. The molecule has 0 aliphatic heterocycles. The Morgan fingerprint density at radius 1 is 1.06 bits per heavy atom. The van der Waals surface area contributed by atoms with Gasteiger partial charge in [0.2, 0.25) is 0 Å². The summed E-state index contributed by atoms with van der Waals surface area (Å²) in [6, 6.07) is 10.0. The van der Waals surface area contributed by atoms with Crippen molar-refractivity contribution < 1.29 is 4.79 Å². The molecule has 1 heterocycles. The van der Waals surface area contributed by atoms with Crippen molar-refractivity contribution in [1.29, 1.82) is 0 Å². The van der Waals surface area contributed by atoms with E-state index in [-0.39, 0.29) is 5.78 Å². The molecule has 2 heteroatoms. The number of rotatable bonds is 4. The molecule has 0 saturated carbocycles. The molecule has 2 nitrogen and oxygen atoms in total. The molecule has 1 aromatic carbocycles. The Morgan fingerprint density at radius 2 is 1.78 bits per heavy atom. The lowest BCUT2D eigenvalue weighted by atomic mass is 9.98. The van der Waals surface area contributed by atoms with Gasteiger partial charge in [-0.25, -0.2) is 0 Å². The van der Waals surface area contributed by atoms with Crippen molar-refractivity contribution >= 4 is 5.78 Å². The summed E-state index contributed by atoms with van der Waals surface area (Å²) in [5.74, 6) is 0.245. The quantitative estimate of drug-likeness (QED) is 0.820. The standard InChI is InChI=1S/C16H17NO/c1-12-3-4-13(2)15(9-12)11-16(18)10-14-5-7-17-8-6-14/h3-9H,10-11H2,1-2H3. The van der Waals surface area contributed by atoms with Gasteiger partial charge in [-0.05, 0) is 42.7 Å². The minimum absolute atomic E-state index is 0.245. The second-order valence-corrected chi connectivity index (χ2v) is 4.68. The number of aryl methyl sites for hydroxylation is 2. The highest BCUT2D eigenvalue weighted by molar-refractivity contribution is 5.83. The zero-order valence-corrected chi connectivity index (χ0v) is 10.8. The third kappa shape index (κ3) is 3.27. The van der Waals surface area contributed by atoms with Crippen molar-refractivity contribution in [3.05, 3.63) is 65.0 Å². The molecule has 0 saturated heterocycles. The van der Waals surface area contributed by atoms with Crippen molar-refractivity contribution in [2.24, 2.45) is 0 Å². The molecular weight excluding hydrogens is 222 g/mol. The fourth-order valence-electron chi connectivity index (χ4n) is 1.99. The van der Waals surface area contributed by atoms with Crippen LogP contribution < -0.4 is 0 Å². The maximum atomic E-state index is 12.0. The number of Topliss-reactive ketones (excluding diaryl/α,β-unsaturated/α-hetero) is 1. The topological polar surface area (TPSA) is 30.0 Å².